The third-order valence-corrected chi connectivity index (χ3v) is 3.83. The van der Waals surface area contributed by atoms with E-state index in [1.54, 1.807) is 11.1 Å². The predicted octanol–water partition coefficient (Wildman–Crippen LogP) is 0.252. The molecular weight excluding hydrogens is 310 g/mol. The standard InChI is InChI=1S/C15H25N7O2/c1-15(2,3)24-14(23)21-10-8-20(9-11-21)13-17-18-19-22(13)12-6-4-5-7-16-12/h4-7,13,17-19H,8-11H2,1-3H3. The molecule has 2 saturated heterocycles. The van der Waals surface area contributed by atoms with Crippen LogP contribution in [0.3, 0.4) is 0 Å². The van der Waals surface area contributed by atoms with Crippen LogP contribution < -0.4 is 21.5 Å². The van der Waals surface area contributed by atoms with Crippen LogP contribution in [0.4, 0.5) is 10.6 Å². The first-order valence-corrected chi connectivity index (χ1v) is 8.12. The van der Waals surface area contributed by atoms with Gasteiger partial charge in [0.05, 0.1) is 0 Å². The number of hydrazine groups is 3. The van der Waals surface area contributed by atoms with Gasteiger partial charge in [0.15, 0.2) is 6.29 Å². The molecule has 0 bridgehead atoms. The summed E-state index contributed by atoms with van der Waals surface area (Å²) in [5.74, 6) is 0.814. The van der Waals surface area contributed by atoms with Crippen LogP contribution in [-0.4, -0.2) is 58.9 Å². The number of carbonyl (C=O) groups is 1. The zero-order valence-corrected chi connectivity index (χ0v) is 14.3. The van der Waals surface area contributed by atoms with Gasteiger partial charge in [0.2, 0.25) is 0 Å². The molecular formula is C15H25N7O2. The molecule has 1 atom stereocenters. The Morgan fingerprint density at radius 1 is 1.25 bits per heavy atom. The summed E-state index contributed by atoms with van der Waals surface area (Å²) in [6.45, 7) is 8.38. The molecule has 0 spiro atoms. The molecule has 3 heterocycles. The van der Waals surface area contributed by atoms with Crippen LogP contribution in [-0.2, 0) is 4.74 Å². The van der Waals surface area contributed by atoms with Gasteiger partial charge in [0.1, 0.15) is 11.4 Å². The maximum atomic E-state index is 12.2. The lowest BCUT2D eigenvalue weighted by atomic mass is 10.2. The van der Waals surface area contributed by atoms with Crippen molar-refractivity contribution in [3.63, 3.8) is 0 Å². The quantitative estimate of drug-likeness (QED) is 0.709. The number of anilines is 1. The second kappa shape index (κ2) is 6.89. The molecule has 1 unspecified atom stereocenters. The molecule has 9 nitrogen and oxygen atoms in total. The molecule has 3 rings (SSSR count). The first kappa shape index (κ1) is 16.9. The summed E-state index contributed by atoms with van der Waals surface area (Å²) < 4.78 is 5.44. The van der Waals surface area contributed by atoms with Gasteiger partial charge in [0.25, 0.3) is 0 Å². The molecule has 1 aromatic rings. The molecule has 0 radical (unpaired) electrons. The van der Waals surface area contributed by atoms with Crippen LogP contribution in [0.15, 0.2) is 24.4 Å². The highest BCUT2D eigenvalue weighted by Crippen LogP contribution is 2.17. The maximum absolute atomic E-state index is 12.2. The molecule has 2 aliphatic heterocycles. The van der Waals surface area contributed by atoms with Gasteiger partial charge in [-0.2, -0.15) is 11.1 Å². The van der Waals surface area contributed by atoms with Gasteiger partial charge in [-0.3, -0.25) is 4.90 Å². The first-order chi connectivity index (χ1) is 11.4. The molecule has 2 fully saturated rings. The topological polar surface area (TPSA) is 85.0 Å². The van der Waals surface area contributed by atoms with Crippen LogP contribution in [0, 0.1) is 0 Å². The first-order valence-electron chi connectivity index (χ1n) is 8.12. The number of aromatic nitrogens is 1. The highest BCUT2D eigenvalue weighted by molar-refractivity contribution is 5.68. The molecule has 0 aromatic carbocycles. The molecule has 9 heteroatoms. The van der Waals surface area contributed by atoms with E-state index in [2.05, 4.69) is 26.4 Å². The minimum absolute atomic E-state index is 0.0827. The van der Waals surface area contributed by atoms with Crippen molar-refractivity contribution in [1.29, 1.82) is 0 Å². The van der Waals surface area contributed by atoms with Crippen molar-refractivity contribution < 1.29 is 9.53 Å². The molecule has 132 valence electrons. The van der Waals surface area contributed by atoms with Crippen LogP contribution in [0.1, 0.15) is 20.8 Å². The van der Waals surface area contributed by atoms with E-state index < -0.39 is 5.60 Å². The van der Waals surface area contributed by atoms with Gasteiger partial charge >= 0.3 is 6.09 Å². The number of hydrogen-bond acceptors (Lipinski definition) is 8. The normalized spacial score (nSPS) is 22.7. The third kappa shape index (κ3) is 3.93. The van der Waals surface area contributed by atoms with Gasteiger partial charge < -0.3 is 9.64 Å². The third-order valence-electron chi connectivity index (χ3n) is 3.83. The minimum Gasteiger partial charge on any atom is -0.444 e. The monoisotopic (exact) mass is 335 g/mol. The minimum atomic E-state index is -0.467. The molecule has 2 aliphatic rings. The van der Waals surface area contributed by atoms with Crippen molar-refractivity contribution in [2.75, 3.05) is 31.2 Å². The van der Waals surface area contributed by atoms with Crippen molar-refractivity contribution >= 4 is 11.9 Å². The Hall–Kier alpha value is -1.94. The van der Waals surface area contributed by atoms with E-state index >= 15 is 0 Å². The summed E-state index contributed by atoms with van der Waals surface area (Å²) in [6.07, 6.45) is 1.42. The lowest BCUT2D eigenvalue weighted by Gasteiger charge is -2.39. The number of carbonyl (C=O) groups excluding carboxylic acids is 1. The van der Waals surface area contributed by atoms with Crippen LogP contribution >= 0.6 is 0 Å². The Bertz CT molecular complexity index is 555. The van der Waals surface area contributed by atoms with Crippen LogP contribution in [0.25, 0.3) is 0 Å². The van der Waals surface area contributed by atoms with Crippen molar-refractivity contribution in [2.24, 2.45) is 0 Å². The Morgan fingerprint density at radius 2 is 2.00 bits per heavy atom. The van der Waals surface area contributed by atoms with Crippen molar-refractivity contribution in [2.45, 2.75) is 32.7 Å². The van der Waals surface area contributed by atoms with Crippen molar-refractivity contribution in [3.8, 4) is 0 Å². The van der Waals surface area contributed by atoms with Crippen LogP contribution in [0.5, 0.6) is 0 Å². The smallest absolute Gasteiger partial charge is 0.410 e. The molecule has 1 aromatic heterocycles. The fourth-order valence-electron chi connectivity index (χ4n) is 2.69. The lowest BCUT2D eigenvalue weighted by molar-refractivity contribution is 0.00923. The summed E-state index contributed by atoms with van der Waals surface area (Å²) in [7, 11) is 0. The van der Waals surface area contributed by atoms with E-state index in [4.69, 9.17) is 4.74 Å². The summed E-state index contributed by atoms with van der Waals surface area (Å²) in [6, 6.07) is 5.76. The van der Waals surface area contributed by atoms with E-state index in [1.165, 1.54) is 0 Å². The molecule has 0 saturated carbocycles. The Labute approximate surface area is 141 Å². The summed E-state index contributed by atoms with van der Waals surface area (Å²) in [5.41, 5.74) is 8.68. The summed E-state index contributed by atoms with van der Waals surface area (Å²) in [4.78, 5) is 20.5. The van der Waals surface area contributed by atoms with E-state index in [0.29, 0.717) is 13.1 Å². The number of nitrogens with one attached hydrogen (secondary N) is 3. The average Bonchev–Trinajstić information content (AvgIpc) is 3.04. The highest BCUT2D eigenvalue weighted by Gasteiger charge is 2.34. The number of pyridine rings is 1. The SMILES string of the molecule is CC(C)(C)OC(=O)N1CCN(C2NNNN2c2ccccn2)CC1. The van der Waals surface area contributed by atoms with Gasteiger partial charge in [-0.25, -0.2) is 20.2 Å². The molecule has 1 amide bonds. The van der Waals surface area contributed by atoms with Crippen molar-refractivity contribution in [1.82, 2.24) is 31.3 Å². The van der Waals surface area contributed by atoms with Crippen molar-refractivity contribution in [3.05, 3.63) is 24.4 Å². The number of rotatable bonds is 2. The fraction of sp³-hybridized carbons (Fsp3) is 0.600. The van der Waals surface area contributed by atoms with Gasteiger partial charge in [-0.15, -0.1) is 0 Å². The average molecular weight is 335 g/mol. The Kier molecular flexibility index (Phi) is 4.86. The number of amides is 1. The van der Waals surface area contributed by atoms with Gasteiger partial charge in [-0.05, 0) is 32.9 Å². The van der Waals surface area contributed by atoms with E-state index in [-0.39, 0.29) is 12.4 Å². The van der Waals surface area contributed by atoms with E-state index in [1.807, 2.05) is 44.0 Å². The van der Waals surface area contributed by atoms with Gasteiger partial charge in [-0.1, -0.05) is 6.07 Å². The maximum Gasteiger partial charge on any atom is 0.410 e. The zero-order chi connectivity index (χ0) is 17.2. The molecule has 3 N–H and O–H groups in total. The van der Waals surface area contributed by atoms with Gasteiger partial charge in [0, 0.05) is 32.4 Å². The Morgan fingerprint density at radius 3 is 2.62 bits per heavy atom. The molecule has 0 aliphatic carbocycles. The Balaban J connectivity index is 1.57. The number of hydrogen-bond donors (Lipinski definition) is 3. The number of nitrogens with zero attached hydrogens (tertiary/aromatic N) is 4. The lowest BCUT2D eigenvalue weighted by Crippen LogP contribution is -2.59. The summed E-state index contributed by atoms with van der Waals surface area (Å²) >= 11 is 0. The highest BCUT2D eigenvalue weighted by atomic mass is 16.6. The predicted molar refractivity (Wildman–Crippen MR) is 89.3 cm³/mol. The van der Waals surface area contributed by atoms with E-state index in [9.17, 15) is 4.79 Å². The number of piperazine rings is 1. The largest absolute Gasteiger partial charge is 0.444 e. The second-order valence-electron chi connectivity index (χ2n) is 6.82. The number of ether oxygens (including phenoxy) is 1. The van der Waals surface area contributed by atoms with E-state index in [0.717, 1.165) is 18.9 Å². The zero-order valence-electron chi connectivity index (χ0n) is 14.3. The fourth-order valence-corrected chi connectivity index (χ4v) is 2.69. The molecule has 24 heavy (non-hydrogen) atoms. The summed E-state index contributed by atoms with van der Waals surface area (Å²) in [5, 5.41) is 1.92. The second-order valence-corrected chi connectivity index (χ2v) is 6.82. The van der Waals surface area contributed by atoms with Crippen LogP contribution in [0.2, 0.25) is 0 Å².